The van der Waals surface area contributed by atoms with Crippen LogP contribution < -0.4 is 4.90 Å². The third kappa shape index (κ3) is 3.63. The minimum Gasteiger partial charge on any atom is -0.468 e. The fourth-order valence-corrected chi connectivity index (χ4v) is 4.20. The SMILES string of the molecule is Cc1ccc(C2=C(SCc3ccco3)C(=O)N(c3cccc(F)c3)C2=O)cc1C. The second-order valence-electron chi connectivity index (χ2n) is 6.80. The second-order valence-corrected chi connectivity index (χ2v) is 7.78. The standard InChI is InChI=1S/C23H18FNO3S/c1-14-8-9-16(11-15(14)2)20-21(29-13-19-7-4-10-28-19)23(27)25(22(20)26)18-6-3-5-17(24)12-18/h3-12H,13H2,1-2H3. The largest absolute Gasteiger partial charge is 0.468 e. The molecule has 146 valence electrons. The molecule has 2 heterocycles. The molecule has 0 saturated heterocycles. The first-order valence-corrected chi connectivity index (χ1v) is 10.1. The van der Waals surface area contributed by atoms with E-state index in [9.17, 15) is 14.0 Å². The molecule has 0 saturated carbocycles. The Morgan fingerprint density at radius 3 is 2.48 bits per heavy atom. The van der Waals surface area contributed by atoms with Gasteiger partial charge in [0.15, 0.2) is 0 Å². The van der Waals surface area contributed by atoms with Crippen LogP contribution >= 0.6 is 11.8 Å². The van der Waals surface area contributed by atoms with E-state index in [2.05, 4.69) is 0 Å². The van der Waals surface area contributed by atoms with Crippen molar-refractivity contribution in [1.29, 1.82) is 0 Å². The predicted molar refractivity (Wildman–Crippen MR) is 112 cm³/mol. The van der Waals surface area contributed by atoms with Crippen LogP contribution in [0.15, 0.2) is 70.2 Å². The van der Waals surface area contributed by atoms with Crippen LogP contribution in [0.2, 0.25) is 0 Å². The molecule has 3 aromatic rings. The number of anilines is 1. The zero-order valence-corrected chi connectivity index (χ0v) is 16.8. The summed E-state index contributed by atoms with van der Waals surface area (Å²) in [6, 6.07) is 14.8. The quantitative estimate of drug-likeness (QED) is 0.542. The van der Waals surface area contributed by atoms with Gasteiger partial charge in [-0.1, -0.05) is 24.3 Å². The van der Waals surface area contributed by atoms with E-state index < -0.39 is 17.6 Å². The van der Waals surface area contributed by atoms with Gasteiger partial charge in [0, 0.05) is 0 Å². The summed E-state index contributed by atoms with van der Waals surface area (Å²) in [7, 11) is 0. The molecule has 1 aromatic heterocycles. The molecule has 0 atom stereocenters. The number of benzene rings is 2. The normalized spacial score (nSPS) is 14.2. The Balaban J connectivity index is 1.78. The summed E-state index contributed by atoms with van der Waals surface area (Å²) in [6.45, 7) is 3.95. The Morgan fingerprint density at radius 1 is 0.966 bits per heavy atom. The van der Waals surface area contributed by atoms with Crippen molar-refractivity contribution in [2.75, 3.05) is 4.90 Å². The third-order valence-electron chi connectivity index (χ3n) is 4.84. The molecule has 0 unspecified atom stereocenters. The number of rotatable bonds is 5. The lowest BCUT2D eigenvalue weighted by molar-refractivity contribution is -0.119. The van der Waals surface area contributed by atoms with Gasteiger partial charge in [-0.15, -0.1) is 11.8 Å². The molecule has 0 N–H and O–H groups in total. The van der Waals surface area contributed by atoms with Crippen LogP contribution in [-0.2, 0) is 15.3 Å². The van der Waals surface area contributed by atoms with Gasteiger partial charge in [-0.25, -0.2) is 9.29 Å². The van der Waals surface area contributed by atoms with Crippen molar-refractivity contribution in [3.8, 4) is 0 Å². The molecular formula is C23H18FNO3S. The maximum absolute atomic E-state index is 13.7. The summed E-state index contributed by atoms with van der Waals surface area (Å²) >= 11 is 1.25. The van der Waals surface area contributed by atoms with Gasteiger partial charge >= 0.3 is 0 Å². The van der Waals surface area contributed by atoms with Gasteiger partial charge in [-0.05, 0) is 60.9 Å². The Morgan fingerprint density at radius 2 is 1.79 bits per heavy atom. The molecule has 2 aromatic carbocycles. The maximum Gasteiger partial charge on any atom is 0.272 e. The Bertz CT molecular complexity index is 1130. The minimum absolute atomic E-state index is 0.218. The van der Waals surface area contributed by atoms with E-state index in [1.165, 1.54) is 30.0 Å². The number of carbonyl (C=O) groups is 2. The molecule has 0 radical (unpaired) electrons. The van der Waals surface area contributed by atoms with Gasteiger partial charge in [0.1, 0.15) is 11.6 Å². The molecular weight excluding hydrogens is 389 g/mol. The molecule has 6 heteroatoms. The van der Waals surface area contributed by atoms with Crippen molar-refractivity contribution < 1.29 is 18.4 Å². The van der Waals surface area contributed by atoms with Gasteiger partial charge in [-0.2, -0.15) is 0 Å². The average molecular weight is 407 g/mol. The summed E-state index contributed by atoms with van der Waals surface area (Å²) in [4.78, 5) is 27.9. The highest BCUT2D eigenvalue weighted by Gasteiger charge is 2.40. The third-order valence-corrected chi connectivity index (χ3v) is 5.94. The number of amides is 2. The summed E-state index contributed by atoms with van der Waals surface area (Å²) in [5.41, 5.74) is 3.34. The zero-order valence-electron chi connectivity index (χ0n) is 15.9. The van der Waals surface area contributed by atoms with Gasteiger partial charge in [0.05, 0.1) is 28.2 Å². The van der Waals surface area contributed by atoms with Crippen molar-refractivity contribution in [1.82, 2.24) is 0 Å². The fraction of sp³-hybridized carbons (Fsp3) is 0.130. The number of nitrogens with zero attached hydrogens (tertiary/aromatic N) is 1. The smallest absolute Gasteiger partial charge is 0.272 e. The van der Waals surface area contributed by atoms with Crippen LogP contribution in [0.3, 0.4) is 0 Å². The van der Waals surface area contributed by atoms with Crippen molar-refractivity contribution in [2.45, 2.75) is 19.6 Å². The van der Waals surface area contributed by atoms with E-state index >= 15 is 0 Å². The number of furan rings is 1. The highest BCUT2D eigenvalue weighted by Crippen LogP contribution is 2.40. The van der Waals surface area contributed by atoms with Crippen LogP contribution in [0.1, 0.15) is 22.5 Å². The number of thioether (sulfide) groups is 1. The van der Waals surface area contributed by atoms with Gasteiger partial charge in [-0.3, -0.25) is 9.59 Å². The first kappa shape index (κ1) is 19.2. The molecule has 0 bridgehead atoms. The molecule has 1 aliphatic heterocycles. The first-order valence-electron chi connectivity index (χ1n) is 9.07. The summed E-state index contributed by atoms with van der Waals surface area (Å²) in [5.74, 6) is -0.303. The van der Waals surface area contributed by atoms with Gasteiger partial charge in [0.25, 0.3) is 11.8 Å². The Labute approximate surface area is 172 Å². The summed E-state index contributed by atoms with van der Waals surface area (Å²) in [5, 5.41) is 0. The lowest BCUT2D eigenvalue weighted by atomic mass is 10.0. The monoisotopic (exact) mass is 407 g/mol. The molecule has 0 spiro atoms. The summed E-state index contributed by atoms with van der Waals surface area (Å²) in [6.07, 6.45) is 1.56. The molecule has 0 fully saturated rings. The van der Waals surface area contributed by atoms with Gasteiger partial charge in [0.2, 0.25) is 0 Å². The Kier molecular flexibility index (Phi) is 5.11. The highest BCUT2D eigenvalue weighted by atomic mass is 32.2. The van der Waals surface area contributed by atoms with Crippen LogP contribution in [0.4, 0.5) is 10.1 Å². The zero-order chi connectivity index (χ0) is 20.5. The molecule has 4 nitrogen and oxygen atoms in total. The lowest BCUT2D eigenvalue weighted by Crippen LogP contribution is -2.31. The number of hydrogen-bond acceptors (Lipinski definition) is 4. The fourth-order valence-electron chi connectivity index (χ4n) is 3.18. The van der Waals surface area contributed by atoms with Crippen molar-refractivity contribution in [3.63, 3.8) is 0 Å². The molecule has 1 aliphatic rings. The number of hydrogen-bond donors (Lipinski definition) is 0. The van der Waals surface area contributed by atoms with E-state index in [-0.39, 0.29) is 5.69 Å². The first-order chi connectivity index (χ1) is 14.0. The number of halogens is 1. The van der Waals surface area contributed by atoms with Crippen LogP contribution in [0.5, 0.6) is 0 Å². The topological polar surface area (TPSA) is 50.5 Å². The molecule has 4 rings (SSSR count). The lowest BCUT2D eigenvalue weighted by Gasteiger charge is -2.15. The van der Waals surface area contributed by atoms with Crippen molar-refractivity contribution >= 4 is 34.8 Å². The van der Waals surface area contributed by atoms with Crippen LogP contribution in [0, 0.1) is 19.7 Å². The van der Waals surface area contributed by atoms with E-state index in [1.807, 2.05) is 38.1 Å². The van der Waals surface area contributed by atoms with E-state index in [4.69, 9.17) is 4.42 Å². The van der Waals surface area contributed by atoms with Crippen molar-refractivity contribution in [3.05, 3.63) is 94.0 Å². The summed E-state index contributed by atoms with van der Waals surface area (Å²) < 4.78 is 19.1. The molecule has 2 amide bonds. The van der Waals surface area contributed by atoms with Crippen LogP contribution in [0.25, 0.3) is 5.57 Å². The number of carbonyl (C=O) groups excluding carboxylic acids is 2. The maximum atomic E-state index is 13.7. The highest BCUT2D eigenvalue weighted by molar-refractivity contribution is 8.03. The van der Waals surface area contributed by atoms with Gasteiger partial charge < -0.3 is 4.42 Å². The van der Waals surface area contributed by atoms with E-state index in [1.54, 1.807) is 18.4 Å². The average Bonchev–Trinajstić information content (AvgIpc) is 3.28. The number of imide groups is 1. The predicted octanol–water partition coefficient (Wildman–Crippen LogP) is 5.25. The van der Waals surface area contributed by atoms with E-state index in [0.29, 0.717) is 27.6 Å². The van der Waals surface area contributed by atoms with Crippen LogP contribution in [-0.4, -0.2) is 11.8 Å². The van der Waals surface area contributed by atoms with E-state index in [0.717, 1.165) is 16.0 Å². The van der Waals surface area contributed by atoms with Crippen molar-refractivity contribution in [2.24, 2.45) is 0 Å². The number of aryl methyl sites for hydroxylation is 2. The minimum atomic E-state index is -0.507. The molecule has 0 aliphatic carbocycles. The second kappa shape index (κ2) is 7.72. The molecule has 29 heavy (non-hydrogen) atoms. The Hall–Kier alpha value is -3.12.